The number of benzene rings is 2. The van der Waals surface area contributed by atoms with Crippen molar-refractivity contribution in [3.05, 3.63) is 63.2 Å². The summed E-state index contributed by atoms with van der Waals surface area (Å²) < 4.78 is 0.832. The maximum absolute atomic E-state index is 12.3. The lowest BCUT2D eigenvalue weighted by molar-refractivity contribution is 0.0828. The van der Waals surface area contributed by atoms with Crippen LogP contribution >= 0.6 is 34.8 Å². The molecular formula is C17H16IN3O2S. The van der Waals surface area contributed by atoms with E-state index >= 15 is 0 Å². The van der Waals surface area contributed by atoms with E-state index in [0.717, 1.165) is 3.57 Å². The fraction of sp³-hybridized carbons (Fsp3) is 0.118. The molecule has 0 saturated heterocycles. The predicted octanol–water partition coefficient (Wildman–Crippen LogP) is 3.12. The maximum atomic E-state index is 12.3. The van der Waals surface area contributed by atoms with Crippen molar-refractivity contribution < 1.29 is 9.59 Å². The minimum absolute atomic E-state index is 0.138. The Hall–Kier alpha value is -2.00. The van der Waals surface area contributed by atoms with Crippen molar-refractivity contribution in [2.45, 2.75) is 0 Å². The number of carbonyl (C=O) groups excluding carboxylic acids is 2. The average Bonchev–Trinajstić information content (AvgIpc) is 2.54. The van der Waals surface area contributed by atoms with Gasteiger partial charge in [0, 0.05) is 17.7 Å². The van der Waals surface area contributed by atoms with Gasteiger partial charge in [0.15, 0.2) is 5.11 Å². The number of nitrogens with zero attached hydrogens (tertiary/aromatic N) is 1. The Morgan fingerprint density at radius 3 is 2.21 bits per heavy atom. The van der Waals surface area contributed by atoms with E-state index in [1.165, 1.54) is 4.90 Å². The topological polar surface area (TPSA) is 61.4 Å². The van der Waals surface area contributed by atoms with E-state index in [0.29, 0.717) is 16.8 Å². The van der Waals surface area contributed by atoms with Crippen molar-refractivity contribution in [2.75, 3.05) is 19.4 Å². The van der Waals surface area contributed by atoms with Crippen LogP contribution in [0.1, 0.15) is 20.7 Å². The van der Waals surface area contributed by atoms with Crippen LogP contribution in [0.2, 0.25) is 0 Å². The Bertz CT molecular complexity index is 793. The van der Waals surface area contributed by atoms with Gasteiger partial charge in [-0.25, -0.2) is 0 Å². The SMILES string of the molecule is CN(C)C(=O)c1ccccc1NC(=S)NC(=O)c1ccccc1I. The molecule has 0 bridgehead atoms. The predicted molar refractivity (Wildman–Crippen MR) is 107 cm³/mol. The van der Waals surface area contributed by atoms with E-state index in [2.05, 4.69) is 33.2 Å². The number of amides is 2. The second-order valence-electron chi connectivity index (χ2n) is 5.13. The van der Waals surface area contributed by atoms with Crippen LogP contribution in [-0.4, -0.2) is 35.9 Å². The van der Waals surface area contributed by atoms with Crippen molar-refractivity contribution in [3.63, 3.8) is 0 Å². The van der Waals surface area contributed by atoms with Crippen LogP contribution in [-0.2, 0) is 0 Å². The van der Waals surface area contributed by atoms with Crippen LogP contribution in [0.15, 0.2) is 48.5 Å². The van der Waals surface area contributed by atoms with Crippen LogP contribution < -0.4 is 10.6 Å². The molecule has 0 radical (unpaired) electrons. The Labute approximate surface area is 159 Å². The number of hydrogen-bond donors (Lipinski definition) is 2. The Kier molecular flexibility index (Phi) is 6.27. The lowest BCUT2D eigenvalue weighted by atomic mass is 10.1. The number of anilines is 1. The molecule has 0 spiro atoms. The lowest BCUT2D eigenvalue weighted by Crippen LogP contribution is -2.35. The summed E-state index contributed by atoms with van der Waals surface area (Å²) in [6.07, 6.45) is 0. The number of rotatable bonds is 3. The molecule has 24 heavy (non-hydrogen) atoms. The summed E-state index contributed by atoms with van der Waals surface area (Å²) in [5, 5.41) is 5.69. The van der Waals surface area contributed by atoms with Gasteiger partial charge in [-0.15, -0.1) is 0 Å². The molecule has 0 heterocycles. The monoisotopic (exact) mass is 453 g/mol. The first kappa shape index (κ1) is 18.3. The molecule has 0 saturated carbocycles. The van der Waals surface area contributed by atoms with Gasteiger partial charge in [-0.3, -0.25) is 14.9 Å². The largest absolute Gasteiger partial charge is 0.345 e. The van der Waals surface area contributed by atoms with E-state index < -0.39 is 0 Å². The minimum atomic E-state index is -0.297. The molecule has 0 unspecified atom stereocenters. The van der Waals surface area contributed by atoms with E-state index in [9.17, 15) is 9.59 Å². The normalized spacial score (nSPS) is 9.96. The molecule has 2 N–H and O–H groups in total. The summed E-state index contributed by atoms with van der Waals surface area (Å²) in [5.41, 5.74) is 1.57. The van der Waals surface area contributed by atoms with Crippen LogP contribution in [0.3, 0.4) is 0 Å². The van der Waals surface area contributed by atoms with Gasteiger partial charge < -0.3 is 10.2 Å². The lowest BCUT2D eigenvalue weighted by Gasteiger charge is -2.16. The van der Waals surface area contributed by atoms with Crippen molar-refractivity contribution in [3.8, 4) is 0 Å². The zero-order valence-corrected chi connectivity index (χ0v) is 16.1. The standard InChI is InChI=1S/C17H16IN3O2S/c1-21(2)16(23)12-8-4-6-10-14(12)19-17(24)20-15(22)11-7-3-5-9-13(11)18/h3-10H,1-2H3,(H2,19,20,22,24). The highest BCUT2D eigenvalue weighted by molar-refractivity contribution is 14.1. The van der Waals surface area contributed by atoms with Crippen molar-refractivity contribution in [1.82, 2.24) is 10.2 Å². The van der Waals surface area contributed by atoms with Gasteiger partial charge in [0.2, 0.25) is 0 Å². The first-order valence-electron chi connectivity index (χ1n) is 7.07. The molecule has 2 aromatic rings. The zero-order chi connectivity index (χ0) is 17.7. The minimum Gasteiger partial charge on any atom is -0.345 e. The van der Waals surface area contributed by atoms with Gasteiger partial charge >= 0.3 is 0 Å². The molecule has 7 heteroatoms. The third kappa shape index (κ3) is 4.51. The average molecular weight is 453 g/mol. The second-order valence-corrected chi connectivity index (χ2v) is 6.70. The molecule has 0 atom stereocenters. The number of hydrogen-bond acceptors (Lipinski definition) is 3. The molecule has 0 aliphatic carbocycles. The van der Waals surface area contributed by atoms with Gasteiger partial charge in [-0.1, -0.05) is 24.3 Å². The number of halogens is 1. The van der Waals surface area contributed by atoms with Crippen molar-refractivity contribution in [1.29, 1.82) is 0 Å². The summed E-state index contributed by atoms with van der Waals surface area (Å²) in [4.78, 5) is 25.9. The highest BCUT2D eigenvalue weighted by atomic mass is 127. The van der Waals surface area contributed by atoms with Gasteiger partial charge in [0.1, 0.15) is 0 Å². The van der Waals surface area contributed by atoms with E-state index in [-0.39, 0.29) is 16.9 Å². The molecule has 0 fully saturated rings. The summed E-state index contributed by atoms with van der Waals surface area (Å²) in [5.74, 6) is -0.446. The van der Waals surface area contributed by atoms with E-state index in [1.54, 1.807) is 50.5 Å². The molecule has 2 rings (SSSR count). The Morgan fingerprint density at radius 2 is 1.58 bits per heavy atom. The maximum Gasteiger partial charge on any atom is 0.258 e. The summed E-state index contributed by atoms with van der Waals surface area (Å²) in [7, 11) is 3.35. The van der Waals surface area contributed by atoms with Crippen molar-refractivity contribution >= 4 is 57.4 Å². The van der Waals surface area contributed by atoms with Gasteiger partial charge in [0.05, 0.1) is 16.8 Å². The number of para-hydroxylation sites is 1. The van der Waals surface area contributed by atoms with Crippen molar-refractivity contribution in [2.24, 2.45) is 0 Å². The van der Waals surface area contributed by atoms with Crippen LogP contribution in [0.5, 0.6) is 0 Å². The fourth-order valence-electron chi connectivity index (χ4n) is 1.99. The molecule has 124 valence electrons. The molecule has 0 aromatic heterocycles. The van der Waals surface area contributed by atoms with Crippen LogP contribution in [0.25, 0.3) is 0 Å². The third-order valence-corrected chi connectivity index (χ3v) is 4.30. The first-order valence-corrected chi connectivity index (χ1v) is 8.56. The number of nitrogens with one attached hydrogen (secondary N) is 2. The zero-order valence-electron chi connectivity index (χ0n) is 13.2. The quantitative estimate of drug-likeness (QED) is 0.554. The molecule has 2 aromatic carbocycles. The second kappa shape index (κ2) is 8.20. The molecule has 2 amide bonds. The van der Waals surface area contributed by atoms with Crippen LogP contribution in [0.4, 0.5) is 5.69 Å². The van der Waals surface area contributed by atoms with E-state index in [4.69, 9.17) is 12.2 Å². The fourth-order valence-corrected chi connectivity index (χ4v) is 2.82. The number of carbonyl (C=O) groups is 2. The number of thiocarbonyl (C=S) groups is 1. The third-order valence-electron chi connectivity index (χ3n) is 3.16. The Morgan fingerprint density at radius 1 is 1.00 bits per heavy atom. The van der Waals surface area contributed by atoms with Crippen LogP contribution in [0, 0.1) is 3.57 Å². The van der Waals surface area contributed by atoms with Gasteiger partial charge in [-0.05, 0) is 59.1 Å². The van der Waals surface area contributed by atoms with Gasteiger partial charge in [0.25, 0.3) is 11.8 Å². The molecule has 0 aliphatic heterocycles. The molecule has 5 nitrogen and oxygen atoms in total. The first-order chi connectivity index (χ1) is 11.4. The smallest absolute Gasteiger partial charge is 0.258 e. The highest BCUT2D eigenvalue weighted by Crippen LogP contribution is 2.17. The molecule has 0 aliphatic rings. The Balaban J connectivity index is 2.12. The van der Waals surface area contributed by atoms with Gasteiger partial charge in [-0.2, -0.15) is 0 Å². The summed E-state index contributed by atoms with van der Waals surface area (Å²) in [6, 6.07) is 14.2. The highest BCUT2D eigenvalue weighted by Gasteiger charge is 2.15. The van der Waals surface area contributed by atoms with E-state index in [1.807, 2.05) is 12.1 Å². The summed E-state index contributed by atoms with van der Waals surface area (Å²) in [6.45, 7) is 0. The molecular weight excluding hydrogens is 437 g/mol. The summed E-state index contributed by atoms with van der Waals surface area (Å²) >= 11 is 7.29.